The monoisotopic (exact) mass is 315 g/mol. The summed E-state index contributed by atoms with van der Waals surface area (Å²) in [5.74, 6) is 2.70. The second-order valence-corrected chi connectivity index (χ2v) is 4.67. The SMILES string of the molecule is C#CC(CC)Nc1cc(Br)ccc1Br. The van der Waals surface area contributed by atoms with Crippen molar-refractivity contribution >= 4 is 37.5 Å². The van der Waals surface area contributed by atoms with E-state index < -0.39 is 0 Å². The van der Waals surface area contributed by atoms with Crippen molar-refractivity contribution in [1.29, 1.82) is 0 Å². The maximum absolute atomic E-state index is 5.38. The molecule has 0 radical (unpaired) electrons. The summed E-state index contributed by atoms with van der Waals surface area (Å²) in [4.78, 5) is 0. The molecule has 0 bridgehead atoms. The first-order valence-corrected chi connectivity index (χ1v) is 5.93. The fourth-order valence-electron chi connectivity index (χ4n) is 1.06. The van der Waals surface area contributed by atoms with Crippen molar-refractivity contribution in [2.45, 2.75) is 19.4 Å². The van der Waals surface area contributed by atoms with Gasteiger partial charge >= 0.3 is 0 Å². The van der Waals surface area contributed by atoms with Gasteiger partial charge in [0.25, 0.3) is 0 Å². The number of rotatable bonds is 3. The van der Waals surface area contributed by atoms with E-state index in [9.17, 15) is 0 Å². The van der Waals surface area contributed by atoms with E-state index in [-0.39, 0.29) is 6.04 Å². The summed E-state index contributed by atoms with van der Waals surface area (Å²) >= 11 is 6.88. The molecular formula is C11H11Br2N. The largest absolute Gasteiger partial charge is 0.371 e. The molecule has 1 N–H and O–H groups in total. The van der Waals surface area contributed by atoms with Gasteiger partial charge in [0.2, 0.25) is 0 Å². The molecule has 1 rings (SSSR count). The number of hydrogen-bond acceptors (Lipinski definition) is 1. The zero-order valence-electron chi connectivity index (χ0n) is 7.85. The predicted octanol–water partition coefficient (Wildman–Crippen LogP) is 4.04. The van der Waals surface area contributed by atoms with E-state index in [1.54, 1.807) is 0 Å². The molecule has 1 unspecified atom stereocenters. The van der Waals surface area contributed by atoms with Gasteiger partial charge in [-0.2, -0.15) is 0 Å². The van der Waals surface area contributed by atoms with Crippen LogP contribution in [-0.2, 0) is 0 Å². The molecule has 74 valence electrons. The van der Waals surface area contributed by atoms with Crippen molar-refractivity contribution in [3.63, 3.8) is 0 Å². The molecule has 0 aliphatic rings. The number of hydrogen-bond donors (Lipinski definition) is 1. The van der Waals surface area contributed by atoms with Crippen molar-refractivity contribution in [3.05, 3.63) is 27.1 Å². The fourth-order valence-corrected chi connectivity index (χ4v) is 1.78. The van der Waals surface area contributed by atoms with Gasteiger partial charge in [-0.15, -0.1) is 6.42 Å². The van der Waals surface area contributed by atoms with Gasteiger partial charge in [0, 0.05) is 8.95 Å². The van der Waals surface area contributed by atoms with Gasteiger partial charge in [-0.3, -0.25) is 0 Å². The minimum absolute atomic E-state index is 0.0839. The Balaban J connectivity index is 2.86. The number of halogens is 2. The zero-order valence-corrected chi connectivity index (χ0v) is 11.0. The molecule has 3 heteroatoms. The molecule has 0 amide bonds. The van der Waals surface area contributed by atoms with Crippen molar-refractivity contribution in [3.8, 4) is 12.3 Å². The molecule has 14 heavy (non-hydrogen) atoms. The molecule has 0 aromatic heterocycles. The van der Waals surface area contributed by atoms with Crippen LogP contribution in [0.15, 0.2) is 27.1 Å². The number of nitrogens with one attached hydrogen (secondary N) is 1. The minimum atomic E-state index is 0.0839. The van der Waals surface area contributed by atoms with E-state index in [0.29, 0.717) is 0 Å². The van der Waals surface area contributed by atoms with Crippen LogP contribution in [0.5, 0.6) is 0 Å². The number of benzene rings is 1. The van der Waals surface area contributed by atoms with Crippen molar-refractivity contribution in [2.24, 2.45) is 0 Å². The van der Waals surface area contributed by atoms with Crippen LogP contribution in [-0.4, -0.2) is 6.04 Å². The van der Waals surface area contributed by atoms with E-state index >= 15 is 0 Å². The summed E-state index contributed by atoms with van der Waals surface area (Å²) in [6.07, 6.45) is 6.29. The molecule has 1 atom stereocenters. The van der Waals surface area contributed by atoms with E-state index in [2.05, 4.69) is 50.0 Å². The Labute approximate surface area is 102 Å². The Bertz CT molecular complexity index is 355. The van der Waals surface area contributed by atoms with Gasteiger partial charge < -0.3 is 5.32 Å². The van der Waals surface area contributed by atoms with Crippen LogP contribution in [0.25, 0.3) is 0 Å². The second-order valence-electron chi connectivity index (χ2n) is 2.90. The maximum Gasteiger partial charge on any atom is 0.0871 e. The fraction of sp³-hybridized carbons (Fsp3) is 0.273. The molecule has 0 fully saturated rings. The molecular weight excluding hydrogens is 306 g/mol. The van der Waals surface area contributed by atoms with E-state index in [4.69, 9.17) is 6.42 Å². The van der Waals surface area contributed by atoms with Crippen LogP contribution >= 0.6 is 31.9 Å². The molecule has 0 saturated carbocycles. The number of terminal acetylenes is 1. The lowest BCUT2D eigenvalue weighted by atomic mass is 10.2. The third-order valence-corrected chi connectivity index (χ3v) is 3.05. The lowest BCUT2D eigenvalue weighted by molar-refractivity contribution is 0.857. The molecule has 0 aliphatic carbocycles. The van der Waals surface area contributed by atoms with Crippen LogP contribution in [0.1, 0.15) is 13.3 Å². The van der Waals surface area contributed by atoms with Crippen LogP contribution in [0.4, 0.5) is 5.69 Å². The number of anilines is 1. The Kier molecular flexibility index (Phi) is 4.50. The highest BCUT2D eigenvalue weighted by molar-refractivity contribution is 9.11. The summed E-state index contributed by atoms with van der Waals surface area (Å²) in [6.45, 7) is 2.06. The smallest absolute Gasteiger partial charge is 0.0871 e. The van der Waals surface area contributed by atoms with Crippen molar-refractivity contribution < 1.29 is 0 Å². The van der Waals surface area contributed by atoms with Gasteiger partial charge in [-0.05, 0) is 40.5 Å². The predicted molar refractivity (Wildman–Crippen MR) is 68.4 cm³/mol. The van der Waals surface area contributed by atoms with E-state index in [0.717, 1.165) is 21.1 Å². The molecule has 1 aromatic carbocycles. The quantitative estimate of drug-likeness (QED) is 0.830. The van der Waals surface area contributed by atoms with Gasteiger partial charge in [0.1, 0.15) is 0 Å². The molecule has 0 heterocycles. The topological polar surface area (TPSA) is 12.0 Å². The highest BCUT2D eigenvalue weighted by Gasteiger charge is 2.05. The first-order valence-electron chi connectivity index (χ1n) is 4.35. The van der Waals surface area contributed by atoms with Gasteiger partial charge in [0.05, 0.1) is 11.7 Å². The molecule has 1 aromatic rings. The van der Waals surface area contributed by atoms with E-state index in [1.807, 2.05) is 18.2 Å². The third kappa shape index (κ3) is 3.04. The van der Waals surface area contributed by atoms with Crippen LogP contribution < -0.4 is 5.32 Å². The highest BCUT2D eigenvalue weighted by atomic mass is 79.9. The average Bonchev–Trinajstić information content (AvgIpc) is 2.19. The first kappa shape index (κ1) is 11.6. The van der Waals surface area contributed by atoms with E-state index in [1.165, 1.54) is 0 Å². The second kappa shape index (κ2) is 5.43. The van der Waals surface area contributed by atoms with Crippen LogP contribution in [0.3, 0.4) is 0 Å². The summed E-state index contributed by atoms with van der Waals surface area (Å²) in [7, 11) is 0. The Morgan fingerprint density at radius 3 is 2.79 bits per heavy atom. The standard InChI is InChI=1S/C11H11Br2N/c1-3-9(4-2)14-11-7-8(12)5-6-10(11)13/h1,5-7,9,14H,4H2,2H3. The van der Waals surface area contributed by atoms with Gasteiger partial charge in [-0.1, -0.05) is 28.8 Å². The minimum Gasteiger partial charge on any atom is -0.371 e. The lowest BCUT2D eigenvalue weighted by Gasteiger charge is -2.13. The summed E-state index contributed by atoms with van der Waals surface area (Å²) in [5.41, 5.74) is 1.02. The Morgan fingerprint density at radius 1 is 1.50 bits per heavy atom. The molecule has 0 saturated heterocycles. The van der Waals surface area contributed by atoms with Crippen molar-refractivity contribution in [2.75, 3.05) is 5.32 Å². The first-order chi connectivity index (χ1) is 6.67. The lowest BCUT2D eigenvalue weighted by Crippen LogP contribution is -2.15. The normalized spacial score (nSPS) is 11.9. The van der Waals surface area contributed by atoms with Gasteiger partial charge in [-0.25, -0.2) is 0 Å². The molecule has 0 aliphatic heterocycles. The molecule has 1 nitrogen and oxygen atoms in total. The average molecular weight is 317 g/mol. The summed E-state index contributed by atoms with van der Waals surface area (Å²) < 4.78 is 2.06. The van der Waals surface area contributed by atoms with Crippen LogP contribution in [0, 0.1) is 12.3 Å². The van der Waals surface area contributed by atoms with Crippen molar-refractivity contribution in [1.82, 2.24) is 0 Å². The van der Waals surface area contributed by atoms with Gasteiger partial charge in [0.15, 0.2) is 0 Å². The zero-order chi connectivity index (χ0) is 10.6. The highest BCUT2D eigenvalue weighted by Crippen LogP contribution is 2.26. The molecule has 0 spiro atoms. The Hall–Kier alpha value is -0.460. The Morgan fingerprint density at radius 2 is 2.21 bits per heavy atom. The third-order valence-electron chi connectivity index (χ3n) is 1.87. The van der Waals surface area contributed by atoms with Crippen LogP contribution in [0.2, 0.25) is 0 Å². The summed E-state index contributed by atoms with van der Waals surface area (Å²) in [5, 5.41) is 3.27. The summed E-state index contributed by atoms with van der Waals surface area (Å²) in [6, 6.07) is 6.05. The maximum atomic E-state index is 5.38.